The van der Waals surface area contributed by atoms with Gasteiger partial charge >= 0.3 is 0 Å². The van der Waals surface area contributed by atoms with Gasteiger partial charge in [0, 0.05) is 12.1 Å². The van der Waals surface area contributed by atoms with Crippen LogP contribution in [0.3, 0.4) is 0 Å². The van der Waals surface area contributed by atoms with Crippen molar-refractivity contribution in [3.05, 3.63) is 88.7 Å². The van der Waals surface area contributed by atoms with Crippen molar-refractivity contribution in [2.24, 2.45) is 4.99 Å². The number of para-hydroxylation sites is 2. The maximum absolute atomic E-state index is 13.2. The lowest BCUT2D eigenvalue weighted by molar-refractivity contribution is 0.0998. The molecular formula is C25H19N3O3S2. The van der Waals surface area contributed by atoms with Crippen molar-refractivity contribution < 1.29 is 13.2 Å². The Hall–Kier alpha value is -3.67. The standard InChI is InChI=1S/C25H19N3O3S2/c1-2-16-27-22-9-5-6-10-23(22)32-25(27)26-24(29)19-11-13-20(14-12-19)33(30,31)28-17-15-18-7-3-4-8-21(18)28/h1,3-14H,15-17H2. The number of carbonyl (C=O) groups excluding carboxylic acids is 1. The number of thiazole rings is 1. The molecule has 0 bridgehead atoms. The summed E-state index contributed by atoms with van der Waals surface area (Å²) in [5.41, 5.74) is 2.94. The molecule has 0 atom stereocenters. The van der Waals surface area contributed by atoms with Gasteiger partial charge in [0.15, 0.2) is 4.80 Å². The minimum atomic E-state index is -3.72. The Morgan fingerprint density at radius 1 is 1.03 bits per heavy atom. The minimum absolute atomic E-state index is 0.139. The van der Waals surface area contributed by atoms with E-state index in [1.54, 1.807) is 0 Å². The number of benzene rings is 3. The summed E-state index contributed by atoms with van der Waals surface area (Å²) < 4.78 is 30.6. The summed E-state index contributed by atoms with van der Waals surface area (Å²) in [6.07, 6.45) is 6.19. The second-order valence-electron chi connectivity index (χ2n) is 7.54. The second-order valence-corrected chi connectivity index (χ2v) is 10.4. The van der Waals surface area contributed by atoms with E-state index >= 15 is 0 Å². The fourth-order valence-electron chi connectivity index (χ4n) is 3.96. The summed E-state index contributed by atoms with van der Waals surface area (Å²) in [6, 6.07) is 21.1. The van der Waals surface area contributed by atoms with Crippen molar-refractivity contribution in [3.63, 3.8) is 0 Å². The fraction of sp³-hybridized carbons (Fsp3) is 0.120. The van der Waals surface area contributed by atoms with Gasteiger partial charge in [0.1, 0.15) is 0 Å². The normalized spacial score (nSPS) is 13.8. The number of aromatic nitrogens is 1. The Kier molecular flexibility index (Phi) is 5.36. The van der Waals surface area contributed by atoms with Gasteiger partial charge in [-0.15, -0.1) is 6.42 Å². The van der Waals surface area contributed by atoms with Gasteiger partial charge in [0.2, 0.25) is 0 Å². The molecule has 0 radical (unpaired) electrons. The largest absolute Gasteiger partial charge is 0.305 e. The van der Waals surface area contributed by atoms with E-state index in [1.807, 2.05) is 53.1 Å². The summed E-state index contributed by atoms with van der Waals surface area (Å²) in [6.45, 7) is 0.698. The minimum Gasteiger partial charge on any atom is -0.305 e. The molecule has 5 rings (SSSR count). The predicted molar refractivity (Wildman–Crippen MR) is 130 cm³/mol. The monoisotopic (exact) mass is 473 g/mol. The van der Waals surface area contributed by atoms with Crippen LogP contribution >= 0.6 is 11.3 Å². The Morgan fingerprint density at radius 2 is 1.76 bits per heavy atom. The number of anilines is 1. The van der Waals surface area contributed by atoms with Crippen LogP contribution in [0.5, 0.6) is 0 Å². The number of fused-ring (bicyclic) bond motifs is 2. The van der Waals surface area contributed by atoms with E-state index in [2.05, 4.69) is 10.9 Å². The highest BCUT2D eigenvalue weighted by Crippen LogP contribution is 2.32. The lowest BCUT2D eigenvalue weighted by atomic mass is 10.2. The van der Waals surface area contributed by atoms with Gasteiger partial charge < -0.3 is 4.57 Å². The van der Waals surface area contributed by atoms with Crippen LogP contribution in [-0.4, -0.2) is 25.4 Å². The molecule has 6 nitrogen and oxygen atoms in total. The van der Waals surface area contributed by atoms with Crippen LogP contribution in [0.4, 0.5) is 5.69 Å². The number of amides is 1. The molecule has 1 aliphatic rings. The number of nitrogens with zero attached hydrogens (tertiary/aromatic N) is 3. The molecular weight excluding hydrogens is 454 g/mol. The molecule has 1 aromatic heterocycles. The first-order valence-electron chi connectivity index (χ1n) is 10.3. The third kappa shape index (κ3) is 3.75. The molecule has 1 amide bonds. The van der Waals surface area contributed by atoms with Crippen LogP contribution in [-0.2, 0) is 23.0 Å². The number of hydrogen-bond donors (Lipinski definition) is 0. The number of sulfonamides is 1. The lowest BCUT2D eigenvalue weighted by Gasteiger charge is -2.19. The predicted octanol–water partition coefficient (Wildman–Crippen LogP) is 3.83. The zero-order valence-electron chi connectivity index (χ0n) is 17.5. The molecule has 2 heterocycles. The third-order valence-electron chi connectivity index (χ3n) is 5.57. The highest BCUT2D eigenvalue weighted by molar-refractivity contribution is 7.92. The highest BCUT2D eigenvalue weighted by Gasteiger charge is 2.30. The molecule has 0 N–H and O–H groups in total. The number of hydrogen-bond acceptors (Lipinski definition) is 4. The summed E-state index contributed by atoms with van der Waals surface area (Å²) in [5.74, 6) is 2.14. The highest BCUT2D eigenvalue weighted by atomic mass is 32.2. The maximum atomic E-state index is 13.2. The second kappa shape index (κ2) is 8.35. The van der Waals surface area contributed by atoms with Crippen LogP contribution in [0.2, 0.25) is 0 Å². The molecule has 33 heavy (non-hydrogen) atoms. The SMILES string of the molecule is C#CCn1c(=NC(=O)c2ccc(S(=O)(=O)N3CCc4ccccc43)cc2)sc2ccccc21. The van der Waals surface area contributed by atoms with Crippen molar-refractivity contribution in [3.8, 4) is 12.3 Å². The first-order chi connectivity index (χ1) is 16.0. The average Bonchev–Trinajstić information content (AvgIpc) is 3.42. The number of carbonyl (C=O) groups is 1. The smallest absolute Gasteiger partial charge is 0.279 e. The van der Waals surface area contributed by atoms with Gasteiger partial charge in [0.25, 0.3) is 15.9 Å². The molecule has 0 fully saturated rings. The Morgan fingerprint density at radius 3 is 2.55 bits per heavy atom. The molecule has 8 heteroatoms. The van der Waals surface area contributed by atoms with Crippen LogP contribution in [0.1, 0.15) is 15.9 Å². The molecule has 0 spiro atoms. The van der Waals surface area contributed by atoms with Gasteiger partial charge in [0.05, 0.1) is 27.3 Å². The maximum Gasteiger partial charge on any atom is 0.279 e. The Labute approximate surface area is 195 Å². The quantitative estimate of drug-likeness (QED) is 0.423. The molecule has 0 aliphatic carbocycles. The fourth-order valence-corrected chi connectivity index (χ4v) is 6.49. The summed E-state index contributed by atoms with van der Waals surface area (Å²) in [7, 11) is -3.72. The summed E-state index contributed by atoms with van der Waals surface area (Å²) >= 11 is 1.38. The molecule has 0 saturated heterocycles. The van der Waals surface area contributed by atoms with Crippen LogP contribution in [0, 0.1) is 12.3 Å². The topological polar surface area (TPSA) is 71.7 Å². The zero-order chi connectivity index (χ0) is 23.0. The van der Waals surface area contributed by atoms with Crippen LogP contribution < -0.4 is 9.11 Å². The molecule has 1 aliphatic heterocycles. The average molecular weight is 474 g/mol. The third-order valence-corrected chi connectivity index (χ3v) is 8.46. The molecule has 0 saturated carbocycles. The van der Waals surface area contributed by atoms with Gasteiger partial charge in [-0.05, 0) is 54.4 Å². The van der Waals surface area contributed by atoms with E-state index in [-0.39, 0.29) is 4.90 Å². The van der Waals surface area contributed by atoms with E-state index in [9.17, 15) is 13.2 Å². The van der Waals surface area contributed by atoms with E-state index in [0.717, 1.165) is 15.8 Å². The molecule has 4 aromatic rings. The van der Waals surface area contributed by atoms with Gasteiger partial charge in [-0.2, -0.15) is 4.99 Å². The first-order valence-corrected chi connectivity index (χ1v) is 12.6. The van der Waals surface area contributed by atoms with E-state index < -0.39 is 15.9 Å². The van der Waals surface area contributed by atoms with E-state index in [1.165, 1.54) is 39.9 Å². The van der Waals surface area contributed by atoms with E-state index in [4.69, 9.17) is 6.42 Å². The first kappa shape index (κ1) is 21.2. The van der Waals surface area contributed by atoms with E-state index in [0.29, 0.717) is 35.6 Å². The zero-order valence-corrected chi connectivity index (χ0v) is 19.1. The lowest BCUT2D eigenvalue weighted by Crippen LogP contribution is -2.29. The van der Waals surface area contributed by atoms with Crippen LogP contribution in [0.15, 0.2) is 82.7 Å². The molecule has 164 valence electrons. The van der Waals surface area contributed by atoms with Gasteiger partial charge in [-0.25, -0.2) is 8.42 Å². The Bertz CT molecular complexity index is 1590. The summed E-state index contributed by atoms with van der Waals surface area (Å²) in [4.78, 5) is 17.8. The van der Waals surface area contributed by atoms with Crippen molar-refractivity contribution in [1.29, 1.82) is 0 Å². The van der Waals surface area contributed by atoms with Gasteiger partial charge in [-0.3, -0.25) is 9.10 Å². The molecule has 0 unspecified atom stereocenters. The van der Waals surface area contributed by atoms with Crippen molar-refractivity contribution in [2.75, 3.05) is 10.8 Å². The van der Waals surface area contributed by atoms with Crippen molar-refractivity contribution >= 4 is 43.2 Å². The number of terminal acetylenes is 1. The molecule has 3 aromatic carbocycles. The Balaban J connectivity index is 1.46. The summed E-state index contributed by atoms with van der Waals surface area (Å²) in [5, 5.41) is 0. The van der Waals surface area contributed by atoms with Gasteiger partial charge in [-0.1, -0.05) is 47.6 Å². The van der Waals surface area contributed by atoms with Crippen molar-refractivity contribution in [2.45, 2.75) is 17.9 Å². The number of rotatable bonds is 4. The van der Waals surface area contributed by atoms with Crippen LogP contribution in [0.25, 0.3) is 10.2 Å². The van der Waals surface area contributed by atoms with Crippen molar-refractivity contribution in [1.82, 2.24) is 4.57 Å².